The van der Waals surface area contributed by atoms with Gasteiger partial charge in [0.15, 0.2) is 5.65 Å². The number of benzene rings is 1. The quantitative estimate of drug-likeness (QED) is 0.710. The molecule has 0 unspecified atom stereocenters. The normalized spacial score (nSPS) is 16.3. The molecule has 0 bridgehead atoms. The highest BCUT2D eigenvalue weighted by Gasteiger charge is 2.20. The van der Waals surface area contributed by atoms with Gasteiger partial charge in [0, 0.05) is 12.7 Å². The Hall–Kier alpha value is -2.40. The van der Waals surface area contributed by atoms with Gasteiger partial charge in [0.1, 0.15) is 0 Å². The average Bonchev–Trinajstić information content (AvgIpc) is 2.99. The standard InChI is InChI=1S/C21H26N4O/c1-17-6-8-18(9-7-17)19-10-15-23(16-11-19)12-4-14-25-21(26)24-13-3-2-5-20(24)22-25/h2-3,5-9,13,19H,4,10-12,14-16H2,1H3. The molecule has 0 saturated carbocycles. The molecule has 1 aliphatic heterocycles. The average molecular weight is 350 g/mol. The van der Waals surface area contributed by atoms with E-state index >= 15 is 0 Å². The van der Waals surface area contributed by atoms with Crippen LogP contribution in [0.2, 0.25) is 0 Å². The van der Waals surface area contributed by atoms with Crippen LogP contribution in [0.3, 0.4) is 0 Å². The summed E-state index contributed by atoms with van der Waals surface area (Å²) in [6.45, 7) is 6.12. The molecule has 0 N–H and O–H groups in total. The highest BCUT2D eigenvalue weighted by atomic mass is 16.2. The Morgan fingerprint density at radius 3 is 2.54 bits per heavy atom. The fourth-order valence-corrected chi connectivity index (χ4v) is 3.89. The third-order valence-electron chi connectivity index (χ3n) is 5.47. The molecule has 1 saturated heterocycles. The smallest absolute Gasteiger partial charge is 0.303 e. The van der Waals surface area contributed by atoms with Gasteiger partial charge in [0.2, 0.25) is 0 Å². The molecule has 0 radical (unpaired) electrons. The van der Waals surface area contributed by atoms with Crippen LogP contribution in [0.4, 0.5) is 0 Å². The minimum Gasteiger partial charge on any atom is -0.303 e. The van der Waals surface area contributed by atoms with E-state index in [0.717, 1.165) is 31.7 Å². The first-order chi connectivity index (χ1) is 12.7. The maximum absolute atomic E-state index is 12.3. The van der Waals surface area contributed by atoms with E-state index in [9.17, 15) is 4.79 Å². The van der Waals surface area contributed by atoms with Gasteiger partial charge in [-0.2, -0.15) is 0 Å². The van der Waals surface area contributed by atoms with Gasteiger partial charge < -0.3 is 4.90 Å². The van der Waals surface area contributed by atoms with Crippen molar-refractivity contribution in [2.24, 2.45) is 0 Å². The number of fused-ring (bicyclic) bond motifs is 1. The molecule has 136 valence electrons. The molecule has 0 aliphatic carbocycles. The van der Waals surface area contributed by atoms with Crippen molar-refractivity contribution in [3.05, 3.63) is 70.3 Å². The monoisotopic (exact) mass is 350 g/mol. The zero-order chi connectivity index (χ0) is 17.9. The summed E-state index contributed by atoms with van der Waals surface area (Å²) >= 11 is 0. The summed E-state index contributed by atoms with van der Waals surface area (Å²) < 4.78 is 3.20. The van der Waals surface area contributed by atoms with Crippen LogP contribution < -0.4 is 5.69 Å². The lowest BCUT2D eigenvalue weighted by Crippen LogP contribution is -2.34. The number of likely N-dealkylation sites (tertiary alicyclic amines) is 1. The zero-order valence-electron chi connectivity index (χ0n) is 15.3. The van der Waals surface area contributed by atoms with Crippen molar-refractivity contribution >= 4 is 5.65 Å². The second-order valence-corrected chi connectivity index (χ2v) is 7.31. The molecule has 2 aromatic heterocycles. The van der Waals surface area contributed by atoms with Crippen molar-refractivity contribution in [3.8, 4) is 0 Å². The van der Waals surface area contributed by atoms with Crippen LogP contribution in [-0.2, 0) is 6.54 Å². The van der Waals surface area contributed by atoms with Gasteiger partial charge in [-0.15, -0.1) is 5.10 Å². The van der Waals surface area contributed by atoms with E-state index in [1.807, 2.05) is 18.2 Å². The number of rotatable bonds is 5. The van der Waals surface area contributed by atoms with Crippen LogP contribution in [0, 0.1) is 6.92 Å². The summed E-state index contributed by atoms with van der Waals surface area (Å²) in [5.74, 6) is 0.688. The lowest BCUT2D eigenvalue weighted by atomic mass is 9.89. The molecule has 0 atom stereocenters. The van der Waals surface area contributed by atoms with E-state index < -0.39 is 0 Å². The van der Waals surface area contributed by atoms with Gasteiger partial charge in [-0.3, -0.25) is 4.40 Å². The number of hydrogen-bond acceptors (Lipinski definition) is 3. The van der Waals surface area contributed by atoms with Gasteiger partial charge in [-0.1, -0.05) is 35.9 Å². The fraction of sp³-hybridized carbons (Fsp3) is 0.429. The molecular formula is C21H26N4O. The Balaban J connectivity index is 1.28. The van der Waals surface area contributed by atoms with E-state index in [1.165, 1.54) is 24.0 Å². The largest absolute Gasteiger partial charge is 0.350 e. The van der Waals surface area contributed by atoms with Crippen molar-refractivity contribution in [2.75, 3.05) is 19.6 Å². The van der Waals surface area contributed by atoms with Crippen LogP contribution in [0.5, 0.6) is 0 Å². The number of piperidine rings is 1. The first kappa shape index (κ1) is 17.0. The lowest BCUT2D eigenvalue weighted by Gasteiger charge is -2.32. The van der Waals surface area contributed by atoms with Crippen molar-refractivity contribution in [1.82, 2.24) is 19.1 Å². The third-order valence-corrected chi connectivity index (χ3v) is 5.47. The van der Waals surface area contributed by atoms with Crippen LogP contribution in [0.25, 0.3) is 5.65 Å². The Morgan fingerprint density at radius 2 is 1.81 bits per heavy atom. The molecule has 26 heavy (non-hydrogen) atoms. The molecule has 1 fully saturated rings. The minimum atomic E-state index is -0.0429. The summed E-state index contributed by atoms with van der Waals surface area (Å²) in [6.07, 6.45) is 5.17. The van der Waals surface area contributed by atoms with Crippen molar-refractivity contribution in [3.63, 3.8) is 0 Å². The second-order valence-electron chi connectivity index (χ2n) is 7.31. The molecule has 3 aromatic rings. The van der Waals surface area contributed by atoms with Crippen molar-refractivity contribution in [2.45, 2.75) is 38.6 Å². The van der Waals surface area contributed by atoms with E-state index in [-0.39, 0.29) is 5.69 Å². The van der Waals surface area contributed by atoms with Gasteiger partial charge in [0.25, 0.3) is 0 Å². The molecule has 0 spiro atoms. The summed E-state index contributed by atoms with van der Waals surface area (Å²) in [4.78, 5) is 14.8. The highest BCUT2D eigenvalue weighted by Crippen LogP contribution is 2.28. The highest BCUT2D eigenvalue weighted by molar-refractivity contribution is 5.35. The van der Waals surface area contributed by atoms with Gasteiger partial charge >= 0.3 is 5.69 Å². The number of hydrogen-bond donors (Lipinski definition) is 0. The lowest BCUT2D eigenvalue weighted by molar-refractivity contribution is 0.206. The SMILES string of the molecule is Cc1ccc(C2CCN(CCCn3nc4ccccn4c3=O)CC2)cc1. The maximum Gasteiger partial charge on any atom is 0.350 e. The number of nitrogens with zero attached hydrogens (tertiary/aromatic N) is 4. The minimum absolute atomic E-state index is 0.0429. The van der Waals surface area contributed by atoms with Gasteiger partial charge in [-0.25, -0.2) is 9.48 Å². The summed E-state index contributed by atoms with van der Waals surface area (Å²) in [7, 11) is 0. The second kappa shape index (κ2) is 7.46. The molecule has 5 heteroatoms. The zero-order valence-corrected chi connectivity index (χ0v) is 15.3. The predicted molar refractivity (Wildman–Crippen MR) is 104 cm³/mol. The van der Waals surface area contributed by atoms with E-state index in [1.54, 1.807) is 15.3 Å². The van der Waals surface area contributed by atoms with Crippen LogP contribution >= 0.6 is 0 Å². The summed E-state index contributed by atoms with van der Waals surface area (Å²) in [5.41, 5.74) is 3.48. The molecule has 3 heterocycles. The van der Waals surface area contributed by atoms with E-state index in [0.29, 0.717) is 12.5 Å². The predicted octanol–water partition coefficient (Wildman–Crippen LogP) is 3.07. The molecule has 4 rings (SSSR count). The topological polar surface area (TPSA) is 42.5 Å². The van der Waals surface area contributed by atoms with Crippen molar-refractivity contribution in [1.29, 1.82) is 0 Å². The number of pyridine rings is 1. The van der Waals surface area contributed by atoms with Crippen LogP contribution in [-0.4, -0.2) is 38.7 Å². The molecule has 1 aliphatic rings. The first-order valence-corrected chi connectivity index (χ1v) is 9.54. The van der Waals surface area contributed by atoms with Gasteiger partial charge in [-0.05, 0) is 69.4 Å². The fourth-order valence-electron chi connectivity index (χ4n) is 3.89. The van der Waals surface area contributed by atoms with Crippen molar-refractivity contribution < 1.29 is 0 Å². The molecule has 5 nitrogen and oxygen atoms in total. The molecule has 1 aromatic carbocycles. The van der Waals surface area contributed by atoms with Crippen LogP contribution in [0.15, 0.2) is 53.5 Å². The maximum atomic E-state index is 12.3. The summed E-state index contributed by atoms with van der Waals surface area (Å²) in [6, 6.07) is 14.6. The third kappa shape index (κ3) is 3.58. The Morgan fingerprint density at radius 1 is 1.04 bits per heavy atom. The summed E-state index contributed by atoms with van der Waals surface area (Å²) in [5, 5.41) is 4.40. The number of aromatic nitrogens is 3. The molecule has 0 amide bonds. The Bertz CT molecular complexity index is 917. The van der Waals surface area contributed by atoms with Crippen LogP contribution in [0.1, 0.15) is 36.3 Å². The van der Waals surface area contributed by atoms with E-state index in [4.69, 9.17) is 0 Å². The Labute approximate surface area is 153 Å². The number of aryl methyl sites for hydroxylation is 2. The van der Waals surface area contributed by atoms with Gasteiger partial charge in [0.05, 0.1) is 0 Å². The first-order valence-electron chi connectivity index (χ1n) is 9.54. The molecular weight excluding hydrogens is 324 g/mol. The Kier molecular flexibility index (Phi) is 4.89. The van der Waals surface area contributed by atoms with E-state index in [2.05, 4.69) is 41.2 Å².